The van der Waals surface area contributed by atoms with Crippen molar-refractivity contribution in [2.45, 2.75) is 25.3 Å². The van der Waals surface area contributed by atoms with E-state index in [1.807, 2.05) is 0 Å². The number of carbonyl (C=O) groups is 1. The van der Waals surface area contributed by atoms with Crippen LogP contribution in [0.4, 0.5) is 14.5 Å². The zero-order valence-electron chi connectivity index (χ0n) is 15.6. The molecule has 1 aromatic heterocycles. The molecule has 3 heterocycles. The Labute approximate surface area is 160 Å². The fourth-order valence-electron chi connectivity index (χ4n) is 3.82. The van der Waals surface area contributed by atoms with Crippen LogP contribution in [0.25, 0.3) is 0 Å². The number of anilines is 1. The van der Waals surface area contributed by atoms with Gasteiger partial charge in [-0.3, -0.25) is 9.59 Å². The van der Waals surface area contributed by atoms with Gasteiger partial charge in [0.05, 0.1) is 26.4 Å². The second kappa shape index (κ2) is 7.01. The fraction of sp³-hybridized carbons (Fsp3) is 0.400. The zero-order valence-corrected chi connectivity index (χ0v) is 15.6. The van der Waals surface area contributed by atoms with E-state index in [-0.39, 0.29) is 47.5 Å². The van der Waals surface area contributed by atoms with Gasteiger partial charge in [0, 0.05) is 42.8 Å². The summed E-state index contributed by atoms with van der Waals surface area (Å²) in [5, 5.41) is 0. The highest BCUT2D eigenvalue weighted by atomic mass is 19.1. The lowest BCUT2D eigenvalue weighted by Crippen LogP contribution is -2.40. The third kappa shape index (κ3) is 2.97. The Morgan fingerprint density at radius 2 is 1.86 bits per heavy atom. The summed E-state index contributed by atoms with van der Waals surface area (Å²) in [5.74, 6) is -2.46. The smallest absolute Gasteiger partial charge is 0.275 e. The van der Waals surface area contributed by atoms with Gasteiger partial charge < -0.3 is 18.9 Å². The number of halogens is 2. The molecule has 148 valence electrons. The second-order valence-corrected chi connectivity index (χ2v) is 7.16. The number of hydrogen-bond acceptors (Lipinski definition) is 4. The third-order valence-corrected chi connectivity index (χ3v) is 5.40. The Morgan fingerprint density at radius 3 is 2.43 bits per heavy atom. The van der Waals surface area contributed by atoms with E-state index in [2.05, 4.69) is 0 Å². The summed E-state index contributed by atoms with van der Waals surface area (Å²) in [5.41, 5.74) is 0.457. The normalized spacial score (nSPS) is 19.8. The van der Waals surface area contributed by atoms with Gasteiger partial charge in [0.2, 0.25) is 5.91 Å². The minimum atomic E-state index is -0.759. The van der Waals surface area contributed by atoms with Crippen LogP contribution in [-0.4, -0.2) is 37.3 Å². The SMILES string of the molecule is COc1cc(F)c([C@H]2CC(=O)N(c3c(C)ccn(C4COC4)c3=O)C2)c(F)c1. The molecular weight excluding hydrogens is 370 g/mol. The molecule has 8 heteroatoms. The molecule has 4 rings (SSSR count). The molecule has 2 saturated heterocycles. The number of methoxy groups -OCH3 is 1. The minimum Gasteiger partial charge on any atom is -0.497 e. The Kier molecular flexibility index (Phi) is 4.66. The minimum absolute atomic E-state index is 0.0419. The highest BCUT2D eigenvalue weighted by molar-refractivity contribution is 5.97. The van der Waals surface area contributed by atoms with Crippen LogP contribution < -0.4 is 15.2 Å². The van der Waals surface area contributed by atoms with Gasteiger partial charge >= 0.3 is 0 Å². The van der Waals surface area contributed by atoms with Crippen molar-refractivity contribution in [1.82, 2.24) is 4.57 Å². The van der Waals surface area contributed by atoms with Gasteiger partial charge in [-0.1, -0.05) is 0 Å². The van der Waals surface area contributed by atoms with Crippen molar-refractivity contribution in [2.75, 3.05) is 31.8 Å². The molecule has 0 unspecified atom stereocenters. The van der Waals surface area contributed by atoms with E-state index in [0.29, 0.717) is 18.8 Å². The topological polar surface area (TPSA) is 60.8 Å². The van der Waals surface area contributed by atoms with Gasteiger partial charge in [0.1, 0.15) is 23.1 Å². The summed E-state index contributed by atoms with van der Waals surface area (Å²) in [6.45, 7) is 2.68. The first-order chi connectivity index (χ1) is 13.4. The second-order valence-electron chi connectivity index (χ2n) is 7.16. The molecule has 2 aromatic rings. The first-order valence-electron chi connectivity index (χ1n) is 9.03. The molecule has 0 N–H and O–H groups in total. The van der Waals surface area contributed by atoms with Gasteiger partial charge in [-0.05, 0) is 18.6 Å². The zero-order chi connectivity index (χ0) is 20.0. The number of ether oxygens (including phenoxy) is 2. The van der Waals surface area contributed by atoms with Gasteiger partial charge in [0.15, 0.2) is 0 Å². The van der Waals surface area contributed by atoms with E-state index in [1.54, 1.807) is 23.8 Å². The Bertz CT molecular complexity index is 977. The van der Waals surface area contributed by atoms with Gasteiger partial charge in [-0.25, -0.2) is 8.78 Å². The molecule has 0 bridgehead atoms. The highest BCUT2D eigenvalue weighted by Gasteiger charge is 2.37. The maximum Gasteiger partial charge on any atom is 0.275 e. The van der Waals surface area contributed by atoms with Crippen molar-refractivity contribution >= 4 is 11.6 Å². The highest BCUT2D eigenvalue weighted by Crippen LogP contribution is 2.36. The molecule has 6 nitrogen and oxygen atoms in total. The number of rotatable bonds is 4. The molecule has 1 amide bonds. The lowest BCUT2D eigenvalue weighted by Gasteiger charge is -2.29. The summed E-state index contributed by atoms with van der Waals surface area (Å²) in [6, 6.07) is 3.91. The van der Waals surface area contributed by atoms with Gasteiger partial charge in [0.25, 0.3) is 5.56 Å². The maximum atomic E-state index is 14.5. The lowest BCUT2D eigenvalue weighted by molar-refractivity contribution is -0.117. The molecule has 0 saturated carbocycles. The molecule has 0 radical (unpaired) electrons. The number of nitrogens with zero attached hydrogens (tertiary/aromatic N) is 2. The van der Waals surface area contributed by atoms with Crippen molar-refractivity contribution in [1.29, 1.82) is 0 Å². The summed E-state index contributed by atoms with van der Waals surface area (Å²) < 4.78 is 40.5. The van der Waals surface area contributed by atoms with Gasteiger partial charge in [-0.15, -0.1) is 0 Å². The quantitative estimate of drug-likeness (QED) is 0.805. The largest absolute Gasteiger partial charge is 0.497 e. The number of benzene rings is 1. The van der Waals surface area contributed by atoms with Crippen LogP contribution in [0.1, 0.15) is 29.5 Å². The van der Waals surface area contributed by atoms with Crippen molar-refractivity contribution in [2.24, 2.45) is 0 Å². The molecule has 0 aliphatic carbocycles. The maximum absolute atomic E-state index is 14.5. The monoisotopic (exact) mass is 390 g/mol. The number of carbonyl (C=O) groups excluding carboxylic acids is 1. The third-order valence-electron chi connectivity index (χ3n) is 5.40. The summed E-state index contributed by atoms with van der Waals surface area (Å²) in [6.07, 6.45) is 1.62. The number of aryl methyl sites for hydroxylation is 1. The number of amides is 1. The average Bonchev–Trinajstić information content (AvgIpc) is 2.96. The number of aromatic nitrogens is 1. The van der Waals surface area contributed by atoms with E-state index in [0.717, 1.165) is 12.1 Å². The fourth-order valence-corrected chi connectivity index (χ4v) is 3.82. The number of pyridine rings is 1. The van der Waals surface area contributed by atoms with E-state index in [9.17, 15) is 18.4 Å². The van der Waals surface area contributed by atoms with Crippen LogP contribution in [0, 0.1) is 18.6 Å². The van der Waals surface area contributed by atoms with E-state index in [4.69, 9.17) is 9.47 Å². The molecule has 2 aliphatic rings. The van der Waals surface area contributed by atoms with Crippen LogP contribution in [0.2, 0.25) is 0 Å². The average molecular weight is 390 g/mol. The van der Waals surface area contributed by atoms with Crippen LogP contribution in [0.3, 0.4) is 0 Å². The van der Waals surface area contributed by atoms with E-state index in [1.165, 1.54) is 12.0 Å². The van der Waals surface area contributed by atoms with Crippen molar-refractivity contribution < 1.29 is 23.0 Å². The predicted octanol–water partition coefficient (Wildman–Crippen LogP) is 2.54. The molecule has 28 heavy (non-hydrogen) atoms. The molecule has 1 atom stereocenters. The first kappa shape index (κ1) is 18.6. The summed E-state index contributed by atoms with van der Waals surface area (Å²) in [4.78, 5) is 27.0. The molecule has 0 spiro atoms. The van der Waals surface area contributed by atoms with E-state index >= 15 is 0 Å². The van der Waals surface area contributed by atoms with Gasteiger partial charge in [-0.2, -0.15) is 0 Å². The Hall–Kier alpha value is -2.74. The van der Waals surface area contributed by atoms with Crippen molar-refractivity contribution in [3.05, 3.63) is 57.5 Å². The Morgan fingerprint density at radius 1 is 1.18 bits per heavy atom. The van der Waals surface area contributed by atoms with Crippen LogP contribution in [0.15, 0.2) is 29.2 Å². The molecular formula is C20H20F2N2O4. The number of hydrogen-bond donors (Lipinski definition) is 0. The van der Waals surface area contributed by atoms with Crippen molar-refractivity contribution in [3.8, 4) is 5.75 Å². The van der Waals surface area contributed by atoms with Crippen LogP contribution >= 0.6 is 0 Å². The molecule has 2 fully saturated rings. The van der Waals surface area contributed by atoms with Crippen LogP contribution in [0.5, 0.6) is 5.75 Å². The van der Waals surface area contributed by atoms with E-state index < -0.39 is 17.6 Å². The van der Waals surface area contributed by atoms with Crippen LogP contribution in [-0.2, 0) is 9.53 Å². The molecule has 1 aromatic carbocycles. The first-order valence-corrected chi connectivity index (χ1v) is 9.03. The lowest BCUT2D eigenvalue weighted by atomic mass is 9.97. The predicted molar refractivity (Wildman–Crippen MR) is 97.9 cm³/mol. The Balaban J connectivity index is 1.69. The molecule has 2 aliphatic heterocycles. The summed E-state index contributed by atoms with van der Waals surface area (Å²) >= 11 is 0. The summed E-state index contributed by atoms with van der Waals surface area (Å²) in [7, 11) is 1.32. The standard InChI is InChI=1S/C20H20F2N2O4/c1-11-3-4-23(13-9-28-10-13)20(26)19(11)24-8-12(5-17(24)25)18-15(21)6-14(27-2)7-16(18)22/h3-4,6-7,12-13H,5,8-10H2,1-2H3/t12-/m0/s1. The van der Waals surface area contributed by atoms with Crippen molar-refractivity contribution in [3.63, 3.8) is 0 Å².